The Labute approximate surface area is 219 Å². The molecule has 2 heterocycles. The first-order valence-electron chi connectivity index (χ1n) is 13.1. The lowest BCUT2D eigenvalue weighted by Crippen LogP contribution is -2.50. The number of likely N-dealkylation sites (tertiary alicyclic amines) is 2. The Morgan fingerprint density at radius 2 is 1.33 bits per heavy atom. The standard InChI is InChI=1S/C31H35ClN2O2/c32-28-15-13-25(14-16-28)30(36)17-22-33(23-18-30)24-19-31(26-9-3-1-4-10-26,27-11-5-2-6-12-27)29(35)34-20-7-8-21-34/h1-6,9-16,36H,7-8,17-24H2. The lowest BCUT2D eigenvalue weighted by molar-refractivity contribution is -0.135. The smallest absolute Gasteiger partial charge is 0.237 e. The summed E-state index contributed by atoms with van der Waals surface area (Å²) < 4.78 is 0. The van der Waals surface area contributed by atoms with Gasteiger partial charge in [-0.05, 0) is 67.5 Å². The van der Waals surface area contributed by atoms with Crippen LogP contribution in [0.1, 0.15) is 48.8 Å². The van der Waals surface area contributed by atoms with Gasteiger partial charge < -0.3 is 14.9 Å². The molecule has 0 bridgehead atoms. The maximum absolute atomic E-state index is 14.3. The molecule has 0 atom stereocenters. The van der Waals surface area contributed by atoms with Crippen molar-refractivity contribution in [3.05, 3.63) is 107 Å². The van der Waals surface area contributed by atoms with Crippen molar-refractivity contribution in [1.29, 1.82) is 0 Å². The van der Waals surface area contributed by atoms with Gasteiger partial charge in [0.15, 0.2) is 0 Å². The second kappa shape index (κ2) is 10.8. The van der Waals surface area contributed by atoms with E-state index in [2.05, 4.69) is 34.1 Å². The van der Waals surface area contributed by atoms with E-state index in [1.807, 2.05) is 60.7 Å². The first-order chi connectivity index (χ1) is 17.5. The molecule has 5 rings (SSSR count). The number of carbonyl (C=O) groups is 1. The van der Waals surface area contributed by atoms with Crippen molar-refractivity contribution in [2.24, 2.45) is 0 Å². The van der Waals surface area contributed by atoms with Crippen LogP contribution in [0.5, 0.6) is 0 Å². The molecule has 1 N–H and O–H groups in total. The Balaban J connectivity index is 1.40. The van der Waals surface area contributed by atoms with Crippen molar-refractivity contribution >= 4 is 17.5 Å². The summed E-state index contributed by atoms with van der Waals surface area (Å²) >= 11 is 6.06. The van der Waals surface area contributed by atoms with Gasteiger partial charge >= 0.3 is 0 Å². The lowest BCUT2D eigenvalue weighted by Gasteiger charge is -2.41. The topological polar surface area (TPSA) is 43.8 Å². The van der Waals surface area contributed by atoms with Gasteiger partial charge in [-0.15, -0.1) is 0 Å². The van der Waals surface area contributed by atoms with E-state index < -0.39 is 11.0 Å². The molecule has 2 aliphatic rings. The van der Waals surface area contributed by atoms with Crippen molar-refractivity contribution in [2.75, 3.05) is 32.7 Å². The highest BCUT2D eigenvalue weighted by Gasteiger charge is 2.45. The Bertz CT molecular complexity index is 1100. The fourth-order valence-corrected chi connectivity index (χ4v) is 6.09. The van der Waals surface area contributed by atoms with Crippen LogP contribution in [0.25, 0.3) is 0 Å². The Morgan fingerprint density at radius 3 is 1.86 bits per heavy atom. The summed E-state index contributed by atoms with van der Waals surface area (Å²) in [6, 6.07) is 28.2. The summed E-state index contributed by atoms with van der Waals surface area (Å²) in [7, 11) is 0. The summed E-state index contributed by atoms with van der Waals surface area (Å²) in [5, 5.41) is 12.0. The maximum Gasteiger partial charge on any atom is 0.237 e. The summed E-state index contributed by atoms with van der Waals surface area (Å²) in [4.78, 5) is 18.8. The van der Waals surface area contributed by atoms with Gasteiger partial charge in [-0.1, -0.05) is 84.4 Å². The SMILES string of the molecule is O=C(N1CCCC1)C(CCN1CCC(O)(c2ccc(Cl)cc2)CC1)(c1ccccc1)c1ccccc1. The number of piperidine rings is 1. The molecule has 2 saturated heterocycles. The molecule has 5 heteroatoms. The van der Waals surface area contributed by atoms with Crippen molar-refractivity contribution < 1.29 is 9.90 Å². The molecule has 3 aromatic rings. The predicted molar refractivity (Wildman–Crippen MR) is 145 cm³/mol. The highest BCUT2D eigenvalue weighted by molar-refractivity contribution is 6.30. The Kier molecular flexibility index (Phi) is 7.47. The molecule has 2 fully saturated rings. The zero-order valence-corrected chi connectivity index (χ0v) is 21.5. The highest BCUT2D eigenvalue weighted by atomic mass is 35.5. The molecule has 0 radical (unpaired) electrons. The molecule has 1 amide bonds. The molecule has 3 aromatic carbocycles. The van der Waals surface area contributed by atoms with Crippen LogP contribution in [0.3, 0.4) is 0 Å². The van der Waals surface area contributed by atoms with Gasteiger partial charge in [0.1, 0.15) is 5.41 Å². The first kappa shape index (κ1) is 25.0. The molecule has 0 saturated carbocycles. The van der Waals surface area contributed by atoms with Crippen LogP contribution < -0.4 is 0 Å². The van der Waals surface area contributed by atoms with Gasteiger partial charge in [0, 0.05) is 31.2 Å². The number of halogens is 1. The number of amides is 1. The van der Waals surface area contributed by atoms with Crippen LogP contribution in [-0.4, -0.2) is 53.5 Å². The van der Waals surface area contributed by atoms with Gasteiger partial charge in [-0.3, -0.25) is 4.79 Å². The zero-order chi connectivity index (χ0) is 25.0. The summed E-state index contributed by atoms with van der Waals surface area (Å²) in [5.41, 5.74) is 1.49. The normalized spacial score (nSPS) is 18.3. The third-order valence-electron chi connectivity index (χ3n) is 8.16. The van der Waals surface area contributed by atoms with Gasteiger partial charge in [0.2, 0.25) is 5.91 Å². The fourth-order valence-electron chi connectivity index (χ4n) is 5.97. The fraction of sp³-hybridized carbons (Fsp3) is 0.387. The molecule has 2 aliphatic heterocycles. The lowest BCUT2D eigenvalue weighted by atomic mass is 9.70. The summed E-state index contributed by atoms with van der Waals surface area (Å²) in [5.74, 6) is 0.215. The van der Waals surface area contributed by atoms with Crippen LogP contribution in [-0.2, 0) is 15.8 Å². The third kappa shape index (κ3) is 4.95. The largest absolute Gasteiger partial charge is 0.385 e. The van der Waals surface area contributed by atoms with E-state index in [1.165, 1.54) is 0 Å². The third-order valence-corrected chi connectivity index (χ3v) is 8.41. The van der Waals surface area contributed by atoms with Crippen LogP contribution in [0.2, 0.25) is 5.02 Å². The zero-order valence-electron chi connectivity index (χ0n) is 20.8. The van der Waals surface area contributed by atoms with Crippen molar-refractivity contribution in [2.45, 2.75) is 43.1 Å². The van der Waals surface area contributed by atoms with Gasteiger partial charge in [0.05, 0.1) is 5.60 Å². The van der Waals surface area contributed by atoms with E-state index in [-0.39, 0.29) is 5.91 Å². The summed E-state index contributed by atoms with van der Waals surface area (Å²) in [6.45, 7) is 4.03. The van der Waals surface area contributed by atoms with E-state index in [0.29, 0.717) is 24.3 Å². The van der Waals surface area contributed by atoms with Crippen LogP contribution in [0, 0.1) is 0 Å². The molecular formula is C31H35ClN2O2. The average molecular weight is 503 g/mol. The number of aliphatic hydroxyl groups is 1. The van der Waals surface area contributed by atoms with Crippen LogP contribution in [0.15, 0.2) is 84.9 Å². The minimum atomic E-state index is -0.831. The van der Waals surface area contributed by atoms with Crippen LogP contribution >= 0.6 is 11.6 Å². The van der Waals surface area contributed by atoms with E-state index in [9.17, 15) is 9.90 Å². The number of benzene rings is 3. The number of rotatable bonds is 7. The highest BCUT2D eigenvalue weighted by Crippen LogP contribution is 2.40. The van der Waals surface area contributed by atoms with Gasteiger partial charge in [-0.2, -0.15) is 0 Å². The summed E-state index contributed by atoms with van der Waals surface area (Å²) in [6.07, 6.45) is 4.17. The second-order valence-corrected chi connectivity index (χ2v) is 10.7. The minimum absolute atomic E-state index is 0.215. The minimum Gasteiger partial charge on any atom is -0.385 e. The monoisotopic (exact) mass is 502 g/mol. The van der Waals surface area contributed by atoms with E-state index in [0.717, 1.165) is 62.3 Å². The molecule has 0 spiro atoms. The van der Waals surface area contributed by atoms with E-state index in [1.54, 1.807) is 0 Å². The maximum atomic E-state index is 14.3. The molecule has 4 nitrogen and oxygen atoms in total. The quantitative estimate of drug-likeness (QED) is 0.456. The molecule has 0 aliphatic carbocycles. The second-order valence-electron chi connectivity index (χ2n) is 10.3. The van der Waals surface area contributed by atoms with Crippen LogP contribution in [0.4, 0.5) is 0 Å². The molecule has 36 heavy (non-hydrogen) atoms. The van der Waals surface area contributed by atoms with Crippen molar-refractivity contribution in [3.63, 3.8) is 0 Å². The number of carbonyl (C=O) groups excluding carboxylic acids is 1. The van der Waals surface area contributed by atoms with Gasteiger partial charge in [-0.25, -0.2) is 0 Å². The van der Waals surface area contributed by atoms with E-state index in [4.69, 9.17) is 11.6 Å². The molecule has 188 valence electrons. The van der Waals surface area contributed by atoms with E-state index >= 15 is 0 Å². The average Bonchev–Trinajstić information content (AvgIpc) is 3.47. The Morgan fingerprint density at radius 1 is 0.806 bits per heavy atom. The number of hydrogen-bond donors (Lipinski definition) is 1. The first-order valence-corrected chi connectivity index (χ1v) is 13.5. The van der Waals surface area contributed by atoms with Crippen molar-refractivity contribution in [1.82, 2.24) is 9.80 Å². The van der Waals surface area contributed by atoms with Crippen molar-refractivity contribution in [3.8, 4) is 0 Å². The molecular weight excluding hydrogens is 468 g/mol. The Hall–Kier alpha value is -2.66. The van der Waals surface area contributed by atoms with Gasteiger partial charge in [0.25, 0.3) is 0 Å². The molecule has 0 aromatic heterocycles. The number of nitrogens with zero attached hydrogens (tertiary/aromatic N) is 2. The number of hydrogen-bond acceptors (Lipinski definition) is 3. The molecule has 0 unspecified atom stereocenters. The predicted octanol–water partition coefficient (Wildman–Crippen LogP) is 5.62.